The zero-order chi connectivity index (χ0) is 13.0. The summed E-state index contributed by atoms with van der Waals surface area (Å²) in [5.74, 6) is 1.95. The molecule has 18 heavy (non-hydrogen) atoms. The molecule has 0 atom stereocenters. The largest absolute Gasteiger partial charge is 0.489 e. The maximum atomic E-state index is 5.71. The lowest BCUT2D eigenvalue weighted by Gasteiger charge is -2.14. The van der Waals surface area contributed by atoms with E-state index in [1.54, 1.807) is 6.92 Å². The molecule has 0 saturated heterocycles. The van der Waals surface area contributed by atoms with E-state index in [2.05, 4.69) is 15.5 Å². The van der Waals surface area contributed by atoms with Crippen LogP contribution in [-0.2, 0) is 6.54 Å². The summed E-state index contributed by atoms with van der Waals surface area (Å²) in [6.45, 7) is 6.25. The average Bonchev–Trinajstić information content (AvgIpc) is 2.73. The number of hydrogen-bond acceptors (Lipinski definition) is 5. The Kier molecular flexibility index (Phi) is 3.82. The summed E-state index contributed by atoms with van der Waals surface area (Å²) in [6, 6.07) is 7.79. The smallest absolute Gasteiger partial charge is 0.235 e. The maximum Gasteiger partial charge on any atom is 0.235 e. The molecule has 1 aromatic heterocycles. The fourth-order valence-corrected chi connectivity index (χ4v) is 1.55. The third kappa shape index (κ3) is 3.23. The van der Waals surface area contributed by atoms with Gasteiger partial charge in [-0.2, -0.15) is 0 Å². The number of rotatable bonds is 5. The van der Waals surface area contributed by atoms with E-state index in [-0.39, 0.29) is 6.10 Å². The molecule has 1 N–H and O–H groups in total. The first-order valence-corrected chi connectivity index (χ1v) is 5.93. The number of aromatic nitrogens is 2. The third-order valence-corrected chi connectivity index (χ3v) is 2.25. The van der Waals surface area contributed by atoms with Gasteiger partial charge in [-0.05, 0) is 26.0 Å². The van der Waals surface area contributed by atoms with Crippen molar-refractivity contribution >= 4 is 5.69 Å². The van der Waals surface area contributed by atoms with Crippen molar-refractivity contribution in [3.05, 3.63) is 36.0 Å². The van der Waals surface area contributed by atoms with E-state index in [9.17, 15) is 0 Å². The molecule has 0 spiro atoms. The first-order chi connectivity index (χ1) is 8.65. The van der Waals surface area contributed by atoms with Crippen molar-refractivity contribution in [1.29, 1.82) is 0 Å². The van der Waals surface area contributed by atoms with Crippen molar-refractivity contribution in [2.75, 3.05) is 5.32 Å². The summed E-state index contributed by atoms with van der Waals surface area (Å²) in [6.07, 6.45) is 0.138. The molecule has 1 heterocycles. The summed E-state index contributed by atoms with van der Waals surface area (Å²) in [7, 11) is 0. The molecule has 0 aliphatic rings. The molecule has 0 bridgehead atoms. The minimum absolute atomic E-state index is 0.138. The van der Waals surface area contributed by atoms with Crippen molar-refractivity contribution in [3.63, 3.8) is 0 Å². The molecule has 1 aromatic carbocycles. The van der Waals surface area contributed by atoms with Crippen molar-refractivity contribution in [2.45, 2.75) is 33.4 Å². The first kappa shape index (κ1) is 12.4. The van der Waals surface area contributed by atoms with E-state index in [1.165, 1.54) is 0 Å². The Morgan fingerprint density at radius 3 is 2.72 bits per heavy atom. The fourth-order valence-electron chi connectivity index (χ4n) is 1.55. The van der Waals surface area contributed by atoms with E-state index in [0.29, 0.717) is 18.3 Å². The van der Waals surface area contributed by atoms with Gasteiger partial charge in [0.05, 0.1) is 18.3 Å². The molecule has 0 unspecified atom stereocenters. The minimum Gasteiger partial charge on any atom is -0.489 e. The molecule has 0 saturated carbocycles. The predicted molar refractivity (Wildman–Crippen MR) is 68.6 cm³/mol. The number of nitrogens with one attached hydrogen (secondary N) is 1. The summed E-state index contributed by atoms with van der Waals surface area (Å²) >= 11 is 0. The molecular formula is C13H17N3O2. The SMILES string of the molecule is Cc1nnc(CNc2ccccc2OC(C)C)o1. The molecule has 0 aliphatic carbocycles. The molecule has 96 valence electrons. The third-order valence-electron chi connectivity index (χ3n) is 2.25. The molecule has 0 aliphatic heterocycles. The van der Waals surface area contributed by atoms with Gasteiger partial charge >= 0.3 is 0 Å². The van der Waals surface area contributed by atoms with Crippen LogP contribution in [0.5, 0.6) is 5.75 Å². The molecule has 2 rings (SSSR count). The lowest BCUT2D eigenvalue weighted by Crippen LogP contribution is -2.08. The van der Waals surface area contributed by atoms with E-state index in [1.807, 2.05) is 38.1 Å². The highest BCUT2D eigenvalue weighted by Crippen LogP contribution is 2.25. The second-order valence-electron chi connectivity index (χ2n) is 4.23. The van der Waals surface area contributed by atoms with Crippen molar-refractivity contribution in [3.8, 4) is 5.75 Å². The van der Waals surface area contributed by atoms with Crippen LogP contribution < -0.4 is 10.1 Å². The van der Waals surface area contributed by atoms with Crippen LogP contribution >= 0.6 is 0 Å². The van der Waals surface area contributed by atoms with E-state index < -0.39 is 0 Å². The lowest BCUT2D eigenvalue weighted by atomic mass is 10.3. The zero-order valence-corrected chi connectivity index (χ0v) is 10.8. The summed E-state index contributed by atoms with van der Waals surface area (Å²) < 4.78 is 11.0. The lowest BCUT2D eigenvalue weighted by molar-refractivity contribution is 0.243. The first-order valence-electron chi connectivity index (χ1n) is 5.93. The average molecular weight is 247 g/mol. The summed E-state index contributed by atoms with van der Waals surface area (Å²) in [4.78, 5) is 0. The highest BCUT2D eigenvalue weighted by molar-refractivity contribution is 5.56. The van der Waals surface area contributed by atoms with Crippen LogP contribution in [0.15, 0.2) is 28.7 Å². The molecule has 5 nitrogen and oxygen atoms in total. The van der Waals surface area contributed by atoms with Gasteiger partial charge in [0.15, 0.2) is 0 Å². The van der Waals surface area contributed by atoms with Gasteiger partial charge in [0.25, 0.3) is 0 Å². The number of aryl methyl sites for hydroxylation is 1. The van der Waals surface area contributed by atoms with E-state index >= 15 is 0 Å². The van der Waals surface area contributed by atoms with Gasteiger partial charge in [-0.25, -0.2) is 0 Å². The number of ether oxygens (including phenoxy) is 1. The number of nitrogens with zero attached hydrogens (tertiary/aromatic N) is 2. The minimum atomic E-state index is 0.138. The van der Waals surface area contributed by atoms with E-state index in [4.69, 9.17) is 9.15 Å². The van der Waals surface area contributed by atoms with Gasteiger partial charge in [-0.3, -0.25) is 0 Å². The number of hydrogen-bond donors (Lipinski definition) is 1. The number of anilines is 1. The zero-order valence-electron chi connectivity index (χ0n) is 10.8. The maximum absolute atomic E-state index is 5.71. The molecule has 2 aromatic rings. The quantitative estimate of drug-likeness (QED) is 0.880. The standard InChI is InChI=1S/C13H17N3O2/c1-9(2)17-12-7-5-4-6-11(12)14-8-13-16-15-10(3)18-13/h4-7,9,14H,8H2,1-3H3. The second kappa shape index (κ2) is 5.53. The van der Waals surface area contributed by atoms with Gasteiger partial charge in [0.1, 0.15) is 5.75 Å². The highest BCUT2D eigenvalue weighted by Gasteiger charge is 2.06. The van der Waals surface area contributed by atoms with Crippen molar-refractivity contribution in [2.24, 2.45) is 0 Å². The van der Waals surface area contributed by atoms with E-state index in [0.717, 1.165) is 11.4 Å². The van der Waals surface area contributed by atoms with Crippen molar-refractivity contribution < 1.29 is 9.15 Å². The predicted octanol–water partition coefficient (Wildman–Crippen LogP) is 2.78. The Morgan fingerprint density at radius 2 is 2.06 bits per heavy atom. The Morgan fingerprint density at radius 1 is 1.28 bits per heavy atom. The van der Waals surface area contributed by atoms with Crippen LogP contribution in [0.1, 0.15) is 25.6 Å². The summed E-state index contributed by atoms with van der Waals surface area (Å²) in [5, 5.41) is 10.9. The Hall–Kier alpha value is -2.04. The highest BCUT2D eigenvalue weighted by atomic mass is 16.5. The second-order valence-corrected chi connectivity index (χ2v) is 4.23. The molecule has 0 radical (unpaired) electrons. The monoisotopic (exact) mass is 247 g/mol. The van der Waals surface area contributed by atoms with Crippen LogP contribution in [0.25, 0.3) is 0 Å². The number of para-hydroxylation sites is 2. The fraction of sp³-hybridized carbons (Fsp3) is 0.385. The number of benzene rings is 1. The van der Waals surface area contributed by atoms with Crippen LogP contribution in [0, 0.1) is 6.92 Å². The van der Waals surface area contributed by atoms with Crippen LogP contribution in [-0.4, -0.2) is 16.3 Å². The van der Waals surface area contributed by atoms with Crippen LogP contribution in [0.2, 0.25) is 0 Å². The van der Waals surface area contributed by atoms with Gasteiger partial charge in [0.2, 0.25) is 11.8 Å². The van der Waals surface area contributed by atoms with Gasteiger partial charge in [-0.1, -0.05) is 12.1 Å². The van der Waals surface area contributed by atoms with Gasteiger partial charge in [0, 0.05) is 6.92 Å². The molecule has 0 amide bonds. The Balaban J connectivity index is 2.04. The Bertz CT molecular complexity index is 508. The normalized spacial score (nSPS) is 10.7. The molecular weight excluding hydrogens is 230 g/mol. The topological polar surface area (TPSA) is 60.2 Å². The molecule has 0 fully saturated rings. The van der Waals surface area contributed by atoms with Gasteiger partial charge < -0.3 is 14.5 Å². The summed E-state index contributed by atoms with van der Waals surface area (Å²) in [5.41, 5.74) is 0.919. The van der Waals surface area contributed by atoms with Crippen molar-refractivity contribution in [1.82, 2.24) is 10.2 Å². The van der Waals surface area contributed by atoms with Crippen LogP contribution in [0.4, 0.5) is 5.69 Å². The van der Waals surface area contributed by atoms with Gasteiger partial charge in [-0.15, -0.1) is 10.2 Å². The Labute approximate surface area is 106 Å². The van der Waals surface area contributed by atoms with Crippen LogP contribution in [0.3, 0.4) is 0 Å². The molecule has 5 heteroatoms.